The molecular weight excluding hydrogens is 1030 g/mol. The summed E-state index contributed by atoms with van der Waals surface area (Å²) in [5.74, 6) is -3.46. The third-order valence-corrected chi connectivity index (χ3v) is 22.3. The Hall–Kier alpha value is -4.09. The van der Waals surface area contributed by atoms with Crippen LogP contribution in [0.3, 0.4) is 0 Å². The van der Waals surface area contributed by atoms with Gasteiger partial charge in [0, 0.05) is 0 Å². The molecule has 0 fully saturated rings. The van der Waals surface area contributed by atoms with Gasteiger partial charge in [0.05, 0.1) is 0 Å². The van der Waals surface area contributed by atoms with E-state index in [2.05, 4.69) is 19.6 Å². The average Bonchev–Trinajstić information content (AvgIpc) is 4.30. The Morgan fingerprint density at radius 1 is 0.390 bits per heavy atom. The van der Waals surface area contributed by atoms with Crippen molar-refractivity contribution < 1.29 is 72.0 Å². The van der Waals surface area contributed by atoms with Crippen LogP contribution in [0.25, 0.3) is 11.4 Å². The van der Waals surface area contributed by atoms with E-state index >= 15 is 17.6 Å². The molecule has 2 aromatic heterocycles. The number of aromatic nitrogens is 2. The van der Waals surface area contributed by atoms with E-state index < -0.39 is 39.9 Å². The van der Waals surface area contributed by atoms with E-state index in [1.807, 2.05) is 69.9 Å². The third-order valence-electron chi connectivity index (χ3n) is 14.4. The minimum absolute atomic E-state index is 0.0766. The molecule has 0 atom stereocenters. The molecule has 6 rings (SSSR count). The molecule has 77 heavy (non-hydrogen) atoms. The third kappa shape index (κ3) is 15.6. The number of halogens is 4. The molecule has 14 nitrogen and oxygen atoms in total. The molecule has 0 unspecified atom stereocenters. The van der Waals surface area contributed by atoms with Gasteiger partial charge in [-0.25, -0.2) is 0 Å². The summed E-state index contributed by atoms with van der Waals surface area (Å²) in [7, 11) is 13.1. The van der Waals surface area contributed by atoms with Crippen LogP contribution in [-0.2, 0) is 80.7 Å². The summed E-state index contributed by atoms with van der Waals surface area (Å²) in [4.78, 5) is 8.64. The summed E-state index contributed by atoms with van der Waals surface area (Å²) >= 11 is -5.45. The van der Waals surface area contributed by atoms with E-state index in [0.717, 1.165) is 22.8 Å². The van der Waals surface area contributed by atoms with Gasteiger partial charge in [0.1, 0.15) is 0 Å². The fourth-order valence-electron chi connectivity index (χ4n) is 10.5. The molecule has 0 bridgehead atoms. The second-order valence-corrected chi connectivity index (χ2v) is 25.2. The van der Waals surface area contributed by atoms with E-state index in [0.29, 0.717) is 139 Å². The first-order valence-electron chi connectivity index (χ1n) is 26.5. The number of hydrogen-bond acceptors (Lipinski definition) is 12. The van der Waals surface area contributed by atoms with Gasteiger partial charge in [0.2, 0.25) is 0 Å². The van der Waals surface area contributed by atoms with Gasteiger partial charge in [0.25, 0.3) is 0 Å². The second kappa shape index (κ2) is 32.2. The molecule has 0 spiro atoms. The van der Waals surface area contributed by atoms with Crippen LogP contribution >= 0.6 is 0 Å². The van der Waals surface area contributed by atoms with Crippen LogP contribution in [0.5, 0.6) is 0 Å². The quantitative estimate of drug-likeness (QED) is 0.0342. The van der Waals surface area contributed by atoms with E-state index in [1.165, 1.54) is 24.3 Å². The van der Waals surface area contributed by atoms with Crippen LogP contribution in [0.1, 0.15) is 35.6 Å². The van der Waals surface area contributed by atoms with Crippen molar-refractivity contribution in [1.82, 2.24) is 28.7 Å². The predicted octanol–water partition coefficient (Wildman–Crippen LogP) is 7.00. The SMILES string of the molecule is COCCN(CCOC)Cc1ccc(CN(CCOC)CCOC)n1-c1ccc(F)[c]([Ti]([C]2=CC=CC2)([C]2=CC=CC2)[c]2c(F)ccc(-n3c(CN(CCOC)CCOC)ccc3CN(CCOC)CCOC)c2F)c1F. The van der Waals surface area contributed by atoms with Crippen molar-refractivity contribution in [3.63, 3.8) is 0 Å². The maximum absolute atomic E-state index is 19.2. The van der Waals surface area contributed by atoms with Crippen molar-refractivity contribution in [1.29, 1.82) is 0 Å². The van der Waals surface area contributed by atoms with Crippen LogP contribution in [0, 0.1) is 23.3 Å². The summed E-state index contributed by atoms with van der Waals surface area (Å²) in [6.07, 6.45) is 11.6. The van der Waals surface area contributed by atoms with Crippen molar-refractivity contribution in [3.05, 3.63) is 139 Å². The number of rotatable bonds is 38. The Kier molecular flexibility index (Phi) is 26.0. The zero-order valence-electron chi connectivity index (χ0n) is 46.6. The molecule has 0 aliphatic heterocycles. The Labute approximate surface area is 457 Å². The van der Waals surface area contributed by atoms with Gasteiger partial charge in [-0.05, 0) is 0 Å². The molecule has 0 N–H and O–H groups in total. The fourth-order valence-corrected chi connectivity index (χ4v) is 18.7. The first-order valence-corrected chi connectivity index (χ1v) is 29.6. The standard InChI is InChI=1S/2C24H36F2N3O4.2C5H5.Ti/c2*1-30-13-9-27(10-14-31-2)18-21-6-7-22(19-28(11-15-32-3)12-16-33-4)29(21)24-8-5-20(25)17-23(24)26;2*1-2-4-5-3-1;/h2*5-8H,9-16,18-19H2,1-4H3;2*1-3H,4H2;. The number of ether oxygens (including phenoxy) is 8. The molecular formula is C58H82F4N6O8Ti. The van der Waals surface area contributed by atoms with Gasteiger partial charge in [-0.3, -0.25) is 0 Å². The summed E-state index contributed by atoms with van der Waals surface area (Å²) in [6.45, 7) is 9.46. The molecule has 0 radical (unpaired) electrons. The Balaban J connectivity index is 1.66. The molecule has 2 heterocycles. The Bertz CT molecular complexity index is 2300. The summed E-state index contributed by atoms with van der Waals surface area (Å²) in [5.41, 5.74) is 3.06. The van der Waals surface area contributed by atoms with E-state index in [-0.39, 0.29) is 32.0 Å². The normalized spacial score (nSPS) is 13.8. The molecule has 2 aliphatic carbocycles. The van der Waals surface area contributed by atoms with Crippen molar-refractivity contribution in [2.24, 2.45) is 0 Å². The number of allylic oxidation sites excluding steroid dienone is 8. The number of nitrogens with zero attached hydrogens (tertiary/aromatic N) is 6. The van der Waals surface area contributed by atoms with Crippen molar-refractivity contribution in [2.45, 2.75) is 39.0 Å². The van der Waals surface area contributed by atoms with Crippen LogP contribution in [0.2, 0.25) is 0 Å². The number of methoxy groups -OCH3 is 8. The van der Waals surface area contributed by atoms with Crippen LogP contribution < -0.4 is 7.74 Å². The molecule has 0 saturated carbocycles. The predicted molar refractivity (Wildman–Crippen MR) is 290 cm³/mol. The minimum atomic E-state index is -5.45. The average molecular weight is 1120 g/mol. The van der Waals surface area contributed by atoms with Crippen molar-refractivity contribution >= 4 is 7.74 Å². The molecule has 0 amide bonds. The number of benzene rings is 2. The van der Waals surface area contributed by atoms with E-state index in [9.17, 15) is 0 Å². The van der Waals surface area contributed by atoms with E-state index in [1.54, 1.807) is 56.9 Å². The molecule has 2 aliphatic rings. The molecule has 0 saturated heterocycles. The summed E-state index contributed by atoms with van der Waals surface area (Å²) < 4.78 is 123. The van der Waals surface area contributed by atoms with Gasteiger partial charge >= 0.3 is 460 Å². The molecule has 2 aromatic carbocycles. The number of hydrogen-bond donors (Lipinski definition) is 0. The van der Waals surface area contributed by atoms with Gasteiger partial charge in [0.15, 0.2) is 0 Å². The first kappa shape index (κ1) is 62.1. The Morgan fingerprint density at radius 3 is 0.870 bits per heavy atom. The zero-order chi connectivity index (χ0) is 55.2. The molecule has 19 heteroatoms. The molecule has 4 aromatic rings. The van der Waals surface area contributed by atoms with Crippen molar-refractivity contribution in [3.8, 4) is 11.4 Å². The monoisotopic (exact) mass is 1110 g/mol. The van der Waals surface area contributed by atoms with Crippen molar-refractivity contribution in [2.75, 3.05) is 162 Å². The first-order chi connectivity index (χ1) is 37.6. The summed E-state index contributed by atoms with van der Waals surface area (Å²) in [6, 6.07) is 13.3. The zero-order valence-corrected chi connectivity index (χ0v) is 48.2. The maximum atomic E-state index is 19.2. The topological polar surface area (TPSA) is 96.7 Å². The summed E-state index contributed by atoms with van der Waals surface area (Å²) in [5, 5.41) is 0. The van der Waals surface area contributed by atoms with Crippen LogP contribution in [-0.4, -0.2) is 191 Å². The fraction of sp³-hybridized carbons (Fsp3) is 0.517. The van der Waals surface area contributed by atoms with Gasteiger partial charge in [-0.15, -0.1) is 0 Å². The van der Waals surface area contributed by atoms with E-state index in [4.69, 9.17) is 37.9 Å². The Morgan fingerprint density at radius 2 is 0.649 bits per heavy atom. The van der Waals surface area contributed by atoms with Gasteiger partial charge < -0.3 is 0 Å². The molecule has 424 valence electrons. The second-order valence-electron chi connectivity index (χ2n) is 19.3. The van der Waals surface area contributed by atoms with Gasteiger partial charge in [-0.2, -0.15) is 0 Å². The van der Waals surface area contributed by atoms with Gasteiger partial charge in [-0.1, -0.05) is 0 Å². The van der Waals surface area contributed by atoms with Crippen LogP contribution in [0.4, 0.5) is 17.6 Å². The van der Waals surface area contributed by atoms with Crippen LogP contribution in [0.15, 0.2) is 92.7 Å².